The van der Waals surface area contributed by atoms with Crippen molar-refractivity contribution in [3.8, 4) is 0 Å². The van der Waals surface area contributed by atoms with E-state index in [9.17, 15) is 5.11 Å². The van der Waals surface area contributed by atoms with Crippen LogP contribution in [0.3, 0.4) is 0 Å². The summed E-state index contributed by atoms with van der Waals surface area (Å²) in [5.74, 6) is 0.815. The van der Waals surface area contributed by atoms with Gasteiger partial charge in [-0.1, -0.05) is 27.7 Å². The van der Waals surface area contributed by atoms with Crippen molar-refractivity contribution in [3.63, 3.8) is 0 Å². The Morgan fingerprint density at radius 3 is 2.61 bits per heavy atom. The molecule has 1 aromatic rings. The number of methoxy groups -OCH3 is 1. The summed E-state index contributed by atoms with van der Waals surface area (Å²) in [6, 6.07) is 0. The van der Waals surface area contributed by atoms with Gasteiger partial charge in [-0.15, -0.1) is 0 Å². The molecule has 0 aromatic carbocycles. The number of hydrogen-bond acceptors (Lipinski definition) is 4. The van der Waals surface area contributed by atoms with Crippen molar-refractivity contribution in [2.75, 3.05) is 7.11 Å². The minimum Gasteiger partial charge on any atom is -0.390 e. The molecule has 0 radical (unpaired) electrons. The highest BCUT2D eigenvalue weighted by atomic mass is 16.5. The molecule has 0 bridgehead atoms. The Morgan fingerprint density at radius 1 is 1.44 bits per heavy atom. The molecule has 104 valence electrons. The van der Waals surface area contributed by atoms with Gasteiger partial charge in [0.2, 0.25) is 0 Å². The van der Waals surface area contributed by atoms with Gasteiger partial charge in [0.25, 0.3) is 0 Å². The molecule has 2 atom stereocenters. The standard InChI is InChI=1S/C13H25N3O2/c1-6-7-16-11(14-9-15-16)8-10(17)12(18-5)13(2,3)4/h9-10,12,17H,6-8H2,1-5H3. The SMILES string of the molecule is CCCn1ncnc1CC(O)C(OC)C(C)(C)C. The van der Waals surface area contributed by atoms with Crippen molar-refractivity contribution in [2.45, 2.75) is 59.3 Å². The zero-order valence-corrected chi connectivity index (χ0v) is 12.1. The molecule has 0 spiro atoms. The summed E-state index contributed by atoms with van der Waals surface area (Å²) in [4.78, 5) is 4.21. The highest BCUT2D eigenvalue weighted by Gasteiger charge is 2.32. The van der Waals surface area contributed by atoms with Crippen LogP contribution in [0.4, 0.5) is 0 Å². The molecule has 18 heavy (non-hydrogen) atoms. The number of aromatic nitrogens is 3. The lowest BCUT2D eigenvalue weighted by Crippen LogP contribution is -2.41. The first kappa shape index (κ1) is 15.1. The van der Waals surface area contributed by atoms with Gasteiger partial charge >= 0.3 is 0 Å². The van der Waals surface area contributed by atoms with Gasteiger partial charge in [-0.2, -0.15) is 5.10 Å². The van der Waals surface area contributed by atoms with Gasteiger partial charge < -0.3 is 9.84 Å². The lowest BCUT2D eigenvalue weighted by Gasteiger charge is -2.33. The fourth-order valence-electron chi connectivity index (χ4n) is 2.23. The molecule has 1 N–H and O–H groups in total. The third-order valence-corrected chi connectivity index (χ3v) is 2.98. The Balaban J connectivity index is 2.73. The largest absolute Gasteiger partial charge is 0.390 e. The first-order chi connectivity index (χ1) is 8.40. The summed E-state index contributed by atoms with van der Waals surface area (Å²) >= 11 is 0. The summed E-state index contributed by atoms with van der Waals surface area (Å²) in [5, 5.41) is 14.5. The summed E-state index contributed by atoms with van der Waals surface area (Å²) in [7, 11) is 1.63. The van der Waals surface area contributed by atoms with Crippen LogP contribution in [0, 0.1) is 5.41 Å². The van der Waals surface area contributed by atoms with Crippen molar-refractivity contribution in [3.05, 3.63) is 12.2 Å². The van der Waals surface area contributed by atoms with Crippen molar-refractivity contribution in [2.24, 2.45) is 5.41 Å². The molecular formula is C13H25N3O2. The smallest absolute Gasteiger partial charge is 0.138 e. The fourth-order valence-corrected chi connectivity index (χ4v) is 2.23. The molecule has 0 aliphatic rings. The number of nitrogens with zero attached hydrogens (tertiary/aromatic N) is 3. The monoisotopic (exact) mass is 255 g/mol. The van der Waals surface area contributed by atoms with Crippen LogP contribution < -0.4 is 0 Å². The quantitative estimate of drug-likeness (QED) is 0.839. The number of aliphatic hydroxyl groups is 1. The van der Waals surface area contributed by atoms with Gasteiger partial charge in [-0.3, -0.25) is 4.68 Å². The Kier molecular flexibility index (Phi) is 5.28. The molecule has 5 nitrogen and oxygen atoms in total. The van der Waals surface area contributed by atoms with Gasteiger partial charge in [-0.05, 0) is 11.8 Å². The molecule has 0 aliphatic heterocycles. The van der Waals surface area contributed by atoms with Crippen LogP contribution in [0.1, 0.15) is 39.9 Å². The average molecular weight is 255 g/mol. The van der Waals surface area contributed by atoms with Crippen LogP contribution in [-0.2, 0) is 17.7 Å². The predicted octanol–water partition coefficient (Wildman–Crippen LogP) is 1.65. The van der Waals surface area contributed by atoms with Crippen LogP contribution in [-0.4, -0.2) is 39.2 Å². The van der Waals surface area contributed by atoms with Crippen LogP contribution in [0.2, 0.25) is 0 Å². The maximum absolute atomic E-state index is 10.3. The predicted molar refractivity (Wildman–Crippen MR) is 70.3 cm³/mol. The van der Waals surface area contributed by atoms with Gasteiger partial charge in [0.15, 0.2) is 0 Å². The van der Waals surface area contributed by atoms with Gasteiger partial charge in [0, 0.05) is 20.1 Å². The van der Waals surface area contributed by atoms with Gasteiger partial charge in [0.05, 0.1) is 12.2 Å². The number of aliphatic hydroxyl groups excluding tert-OH is 1. The van der Waals surface area contributed by atoms with Crippen molar-refractivity contribution >= 4 is 0 Å². The maximum atomic E-state index is 10.3. The molecule has 0 aliphatic carbocycles. The summed E-state index contributed by atoms with van der Waals surface area (Å²) in [5.41, 5.74) is -0.107. The van der Waals surface area contributed by atoms with E-state index in [0.717, 1.165) is 18.8 Å². The normalized spacial score (nSPS) is 15.7. The zero-order chi connectivity index (χ0) is 13.8. The second-order valence-corrected chi connectivity index (χ2v) is 5.69. The van der Waals surface area contributed by atoms with Crippen LogP contribution in [0.15, 0.2) is 6.33 Å². The average Bonchev–Trinajstić information content (AvgIpc) is 2.65. The van der Waals surface area contributed by atoms with Crippen LogP contribution in [0.5, 0.6) is 0 Å². The van der Waals surface area contributed by atoms with E-state index in [1.54, 1.807) is 7.11 Å². The Bertz CT molecular complexity index is 357. The third-order valence-electron chi connectivity index (χ3n) is 2.98. The molecule has 5 heteroatoms. The zero-order valence-electron chi connectivity index (χ0n) is 12.1. The Labute approximate surface area is 109 Å². The second-order valence-electron chi connectivity index (χ2n) is 5.69. The minimum atomic E-state index is -0.574. The topological polar surface area (TPSA) is 60.2 Å². The number of ether oxygens (including phenoxy) is 1. The lowest BCUT2D eigenvalue weighted by atomic mass is 9.84. The van der Waals surface area contributed by atoms with E-state index in [1.807, 2.05) is 4.68 Å². The lowest BCUT2D eigenvalue weighted by molar-refractivity contribution is -0.0708. The molecule has 1 aromatic heterocycles. The summed E-state index contributed by atoms with van der Waals surface area (Å²) < 4.78 is 7.26. The summed E-state index contributed by atoms with van der Waals surface area (Å²) in [6.45, 7) is 9.09. The van der Waals surface area contributed by atoms with Gasteiger partial charge in [-0.25, -0.2) is 4.98 Å². The maximum Gasteiger partial charge on any atom is 0.138 e. The fraction of sp³-hybridized carbons (Fsp3) is 0.846. The molecule has 0 saturated carbocycles. The molecule has 0 saturated heterocycles. The first-order valence-electron chi connectivity index (χ1n) is 6.47. The van der Waals surface area contributed by atoms with E-state index < -0.39 is 6.10 Å². The number of rotatable bonds is 6. The Hall–Kier alpha value is -0.940. The second kappa shape index (κ2) is 6.29. The number of hydrogen-bond donors (Lipinski definition) is 1. The van der Waals surface area contributed by atoms with Crippen molar-refractivity contribution in [1.29, 1.82) is 0 Å². The van der Waals surface area contributed by atoms with E-state index in [4.69, 9.17) is 4.74 Å². The van der Waals surface area contributed by atoms with Crippen LogP contribution >= 0.6 is 0 Å². The molecule has 0 fully saturated rings. The van der Waals surface area contributed by atoms with Crippen molar-refractivity contribution < 1.29 is 9.84 Å². The van der Waals surface area contributed by atoms with E-state index in [0.29, 0.717) is 6.42 Å². The highest BCUT2D eigenvalue weighted by Crippen LogP contribution is 2.25. The molecule has 1 heterocycles. The first-order valence-corrected chi connectivity index (χ1v) is 6.47. The Morgan fingerprint density at radius 2 is 2.11 bits per heavy atom. The van der Waals surface area contributed by atoms with E-state index in [2.05, 4.69) is 37.8 Å². The minimum absolute atomic E-state index is 0.107. The molecule has 2 unspecified atom stereocenters. The number of aryl methyl sites for hydroxylation is 1. The molecule has 1 rings (SSSR count). The van der Waals surface area contributed by atoms with E-state index >= 15 is 0 Å². The van der Waals surface area contributed by atoms with Gasteiger partial charge in [0.1, 0.15) is 12.2 Å². The highest BCUT2D eigenvalue weighted by molar-refractivity contribution is 4.92. The van der Waals surface area contributed by atoms with Crippen molar-refractivity contribution in [1.82, 2.24) is 14.8 Å². The van der Waals surface area contributed by atoms with E-state index in [-0.39, 0.29) is 11.5 Å². The molecular weight excluding hydrogens is 230 g/mol. The molecule has 0 amide bonds. The third kappa shape index (κ3) is 3.78. The van der Waals surface area contributed by atoms with E-state index in [1.165, 1.54) is 6.33 Å². The van der Waals surface area contributed by atoms with Crippen LogP contribution in [0.25, 0.3) is 0 Å². The summed E-state index contributed by atoms with van der Waals surface area (Å²) in [6.07, 6.45) is 2.21.